The molecular weight excluding hydrogens is 341 g/mol. The molecule has 21 heavy (non-hydrogen) atoms. The summed E-state index contributed by atoms with van der Waals surface area (Å²) in [7, 11) is -3.95. The molecule has 2 N–H and O–H groups in total. The van der Waals surface area contributed by atoms with Crippen molar-refractivity contribution in [3.63, 3.8) is 0 Å². The van der Waals surface area contributed by atoms with Gasteiger partial charge in [-0.25, -0.2) is 13.1 Å². The molecule has 1 heterocycles. The number of nitrogens with one attached hydrogen (secondary N) is 2. The van der Waals surface area contributed by atoms with E-state index in [1.54, 1.807) is 0 Å². The Balaban J connectivity index is 2.36. The van der Waals surface area contributed by atoms with Crippen molar-refractivity contribution in [2.24, 2.45) is 0 Å². The average molecular weight is 354 g/mol. The zero-order valence-electron chi connectivity index (χ0n) is 10.8. The van der Waals surface area contributed by atoms with Gasteiger partial charge in [0, 0.05) is 12.6 Å². The summed E-state index contributed by atoms with van der Waals surface area (Å²) in [6, 6.07) is 2.05. The van der Waals surface area contributed by atoms with Crippen molar-refractivity contribution in [1.82, 2.24) is 10.0 Å². The number of rotatable bonds is 4. The van der Waals surface area contributed by atoms with Crippen LogP contribution in [0.2, 0.25) is 10.0 Å². The van der Waals surface area contributed by atoms with Crippen LogP contribution in [0.25, 0.3) is 0 Å². The Morgan fingerprint density at radius 3 is 2.67 bits per heavy atom. The van der Waals surface area contributed by atoms with Crippen molar-refractivity contribution in [3.05, 3.63) is 32.3 Å². The highest BCUT2D eigenvalue weighted by atomic mass is 35.5. The van der Waals surface area contributed by atoms with Crippen LogP contribution in [-0.2, 0) is 10.0 Å². The fourth-order valence-electron chi connectivity index (χ4n) is 2.13. The first-order valence-electron chi connectivity index (χ1n) is 6.18. The van der Waals surface area contributed by atoms with E-state index < -0.39 is 25.7 Å². The minimum absolute atomic E-state index is 0.205. The van der Waals surface area contributed by atoms with Gasteiger partial charge in [-0.3, -0.25) is 10.1 Å². The first-order chi connectivity index (χ1) is 9.83. The molecule has 1 saturated heterocycles. The van der Waals surface area contributed by atoms with E-state index in [1.165, 1.54) is 0 Å². The highest BCUT2D eigenvalue weighted by molar-refractivity contribution is 7.89. The topological polar surface area (TPSA) is 101 Å². The van der Waals surface area contributed by atoms with E-state index in [4.69, 9.17) is 23.2 Å². The number of nitrogens with zero attached hydrogens (tertiary/aromatic N) is 1. The first kappa shape index (κ1) is 16.4. The van der Waals surface area contributed by atoms with Crippen LogP contribution in [0.4, 0.5) is 5.69 Å². The van der Waals surface area contributed by atoms with Gasteiger partial charge in [0.2, 0.25) is 10.0 Å². The van der Waals surface area contributed by atoms with Gasteiger partial charge in [0.15, 0.2) is 0 Å². The molecule has 1 aromatic carbocycles. The Hall–Kier alpha value is -0.930. The molecule has 116 valence electrons. The maximum Gasteiger partial charge on any atom is 0.307 e. The van der Waals surface area contributed by atoms with Gasteiger partial charge < -0.3 is 5.32 Å². The van der Waals surface area contributed by atoms with Crippen molar-refractivity contribution in [1.29, 1.82) is 0 Å². The van der Waals surface area contributed by atoms with Gasteiger partial charge in [-0.05, 0) is 31.5 Å². The summed E-state index contributed by atoms with van der Waals surface area (Å²) >= 11 is 11.5. The number of hydrogen-bond acceptors (Lipinski definition) is 5. The third-order valence-electron chi connectivity index (χ3n) is 3.12. The first-order valence-corrected chi connectivity index (χ1v) is 8.42. The number of nitro benzene ring substituents is 1. The van der Waals surface area contributed by atoms with E-state index in [0.29, 0.717) is 13.0 Å². The summed E-state index contributed by atoms with van der Waals surface area (Å²) in [4.78, 5) is 9.78. The Morgan fingerprint density at radius 2 is 2.10 bits per heavy atom. The van der Waals surface area contributed by atoms with Crippen LogP contribution >= 0.6 is 23.2 Å². The van der Waals surface area contributed by atoms with Crippen molar-refractivity contribution < 1.29 is 13.3 Å². The molecule has 2 rings (SSSR count). The lowest BCUT2D eigenvalue weighted by Crippen LogP contribution is -2.45. The van der Waals surface area contributed by atoms with Gasteiger partial charge in [-0.1, -0.05) is 23.2 Å². The van der Waals surface area contributed by atoms with Gasteiger partial charge in [0.1, 0.15) is 14.9 Å². The normalized spacial score (nSPS) is 19.4. The molecule has 0 aliphatic carbocycles. The molecule has 0 bridgehead atoms. The third-order valence-corrected chi connectivity index (χ3v) is 5.48. The lowest BCUT2D eigenvalue weighted by atomic mass is 10.1. The fourth-order valence-corrected chi connectivity index (χ4v) is 4.29. The summed E-state index contributed by atoms with van der Waals surface area (Å²) in [6.07, 6.45) is 1.54. The Bertz CT molecular complexity index is 660. The minimum Gasteiger partial charge on any atom is -0.315 e. The van der Waals surface area contributed by atoms with Crippen LogP contribution in [0.1, 0.15) is 12.8 Å². The lowest BCUT2D eigenvalue weighted by Gasteiger charge is -2.23. The van der Waals surface area contributed by atoms with E-state index in [9.17, 15) is 18.5 Å². The summed E-state index contributed by atoms with van der Waals surface area (Å²) in [5.74, 6) is 0. The summed E-state index contributed by atoms with van der Waals surface area (Å²) in [5.41, 5.74) is -0.608. The number of sulfonamides is 1. The zero-order chi connectivity index (χ0) is 15.6. The second-order valence-electron chi connectivity index (χ2n) is 4.63. The molecule has 1 aliphatic rings. The Labute approximate surface area is 131 Å². The van der Waals surface area contributed by atoms with Crippen LogP contribution in [0.3, 0.4) is 0 Å². The molecule has 1 unspecified atom stereocenters. The van der Waals surface area contributed by atoms with Gasteiger partial charge in [-0.15, -0.1) is 0 Å². The highest BCUT2D eigenvalue weighted by Gasteiger charge is 2.29. The van der Waals surface area contributed by atoms with Crippen LogP contribution in [0.5, 0.6) is 0 Å². The number of hydrogen-bond donors (Lipinski definition) is 2. The number of piperidine rings is 1. The van der Waals surface area contributed by atoms with E-state index in [2.05, 4.69) is 10.0 Å². The molecule has 0 amide bonds. The van der Waals surface area contributed by atoms with E-state index >= 15 is 0 Å². The second kappa shape index (κ2) is 6.45. The number of halogens is 2. The maximum absolute atomic E-state index is 12.3. The molecule has 0 saturated carbocycles. The quantitative estimate of drug-likeness (QED) is 0.636. The van der Waals surface area contributed by atoms with E-state index in [1.807, 2.05) is 0 Å². The average Bonchev–Trinajstić information content (AvgIpc) is 2.38. The maximum atomic E-state index is 12.3. The van der Waals surface area contributed by atoms with Crippen LogP contribution in [0, 0.1) is 10.1 Å². The van der Waals surface area contributed by atoms with E-state index in [-0.39, 0.29) is 16.0 Å². The monoisotopic (exact) mass is 353 g/mol. The molecule has 1 atom stereocenters. The van der Waals surface area contributed by atoms with Crippen molar-refractivity contribution >= 4 is 38.9 Å². The minimum atomic E-state index is -3.95. The summed E-state index contributed by atoms with van der Waals surface area (Å²) < 4.78 is 27.1. The SMILES string of the molecule is O=[N+]([O-])c1c(Cl)ccc(S(=O)(=O)NC2CCCNC2)c1Cl. The van der Waals surface area contributed by atoms with Crippen molar-refractivity contribution in [2.75, 3.05) is 13.1 Å². The van der Waals surface area contributed by atoms with Crippen LogP contribution < -0.4 is 10.0 Å². The van der Waals surface area contributed by atoms with Gasteiger partial charge >= 0.3 is 5.69 Å². The van der Waals surface area contributed by atoms with Gasteiger partial charge in [0.25, 0.3) is 0 Å². The predicted octanol–water partition coefficient (Wildman–Crippen LogP) is 1.93. The molecule has 10 heteroatoms. The highest BCUT2D eigenvalue weighted by Crippen LogP contribution is 2.37. The Kier molecular flexibility index (Phi) is 5.05. The van der Waals surface area contributed by atoms with E-state index in [0.717, 1.165) is 25.1 Å². The molecule has 0 aromatic heterocycles. The van der Waals surface area contributed by atoms with Crippen molar-refractivity contribution in [2.45, 2.75) is 23.8 Å². The largest absolute Gasteiger partial charge is 0.315 e. The molecule has 1 fully saturated rings. The Morgan fingerprint density at radius 1 is 1.38 bits per heavy atom. The molecule has 1 aliphatic heterocycles. The standard InChI is InChI=1S/C11H13Cl2N3O4S/c12-8-3-4-9(10(13)11(8)16(17)18)21(19,20)15-7-2-1-5-14-6-7/h3-4,7,14-15H,1-2,5-6H2. The summed E-state index contributed by atoms with van der Waals surface area (Å²) in [6.45, 7) is 1.35. The molecule has 0 spiro atoms. The molecule has 1 aromatic rings. The molecular formula is C11H13Cl2N3O4S. The predicted molar refractivity (Wildman–Crippen MR) is 79.3 cm³/mol. The zero-order valence-corrected chi connectivity index (χ0v) is 13.1. The fraction of sp³-hybridized carbons (Fsp3) is 0.455. The molecule has 7 nitrogen and oxygen atoms in total. The summed E-state index contributed by atoms with van der Waals surface area (Å²) in [5, 5.41) is 13.3. The van der Waals surface area contributed by atoms with Gasteiger partial charge in [0.05, 0.1) is 4.92 Å². The number of nitro groups is 1. The number of benzene rings is 1. The smallest absolute Gasteiger partial charge is 0.307 e. The van der Waals surface area contributed by atoms with Crippen molar-refractivity contribution in [3.8, 4) is 0 Å². The van der Waals surface area contributed by atoms with Crippen LogP contribution in [-0.4, -0.2) is 32.5 Å². The van der Waals surface area contributed by atoms with Crippen LogP contribution in [0.15, 0.2) is 17.0 Å². The lowest BCUT2D eigenvalue weighted by molar-refractivity contribution is -0.384. The molecule has 0 radical (unpaired) electrons. The third kappa shape index (κ3) is 3.64. The van der Waals surface area contributed by atoms with Gasteiger partial charge in [-0.2, -0.15) is 0 Å². The second-order valence-corrected chi connectivity index (χ2v) is 7.10.